The zero-order chi connectivity index (χ0) is 9.56. The highest BCUT2D eigenvalue weighted by Gasteiger charge is 2.06. The minimum absolute atomic E-state index is 0.533. The molecule has 0 saturated carbocycles. The number of carbonyl (C=O) groups is 1. The third-order valence-electron chi connectivity index (χ3n) is 2.11. The van der Waals surface area contributed by atoms with Crippen LogP contribution in [0.5, 0.6) is 0 Å². The molecular formula is C10H18O2. The second-order valence-electron chi connectivity index (χ2n) is 2.99. The van der Waals surface area contributed by atoms with Gasteiger partial charge in [-0.05, 0) is 26.2 Å². The lowest BCUT2D eigenvalue weighted by molar-refractivity contribution is -0.132. The fourth-order valence-electron chi connectivity index (χ4n) is 1.17. The third-order valence-corrected chi connectivity index (χ3v) is 2.11. The molecule has 0 rings (SSSR count). The first kappa shape index (κ1) is 11.2. The summed E-state index contributed by atoms with van der Waals surface area (Å²) in [5.74, 6) is -0.775. The first-order valence-corrected chi connectivity index (χ1v) is 4.55. The van der Waals surface area contributed by atoms with Crippen molar-refractivity contribution in [2.45, 2.75) is 46.5 Å². The van der Waals surface area contributed by atoms with Crippen LogP contribution in [-0.2, 0) is 4.79 Å². The van der Waals surface area contributed by atoms with Gasteiger partial charge in [-0.2, -0.15) is 0 Å². The van der Waals surface area contributed by atoms with Gasteiger partial charge in [0.15, 0.2) is 0 Å². The first-order valence-electron chi connectivity index (χ1n) is 4.55. The quantitative estimate of drug-likeness (QED) is 0.644. The molecule has 1 N–H and O–H groups in total. The minimum Gasteiger partial charge on any atom is -0.478 e. The average molecular weight is 170 g/mol. The SMILES string of the molecule is CCCCC(CC)=C(C)C(=O)O. The number of rotatable bonds is 5. The molecule has 70 valence electrons. The first-order chi connectivity index (χ1) is 5.63. The molecule has 0 unspecified atom stereocenters. The van der Waals surface area contributed by atoms with Crippen LogP contribution in [0.25, 0.3) is 0 Å². The van der Waals surface area contributed by atoms with Gasteiger partial charge in [-0.3, -0.25) is 0 Å². The number of allylic oxidation sites excluding steroid dienone is 1. The van der Waals surface area contributed by atoms with Crippen molar-refractivity contribution in [1.29, 1.82) is 0 Å². The molecule has 0 heterocycles. The maximum Gasteiger partial charge on any atom is 0.331 e. The molecular weight excluding hydrogens is 152 g/mol. The molecule has 0 fully saturated rings. The Labute approximate surface area is 74.3 Å². The number of hydrogen-bond donors (Lipinski definition) is 1. The predicted octanol–water partition coefficient (Wildman–Crippen LogP) is 2.99. The average Bonchev–Trinajstić information content (AvgIpc) is 2.05. The van der Waals surface area contributed by atoms with Crippen molar-refractivity contribution >= 4 is 5.97 Å². The van der Waals surface area contributed by atoms with E-state index < -0.39 is 5.97 Å². The van der Waals surface area contributed by atoms with E-state index in [1.165, 1.54) is 0 Å². The lowest BCUT2D eigenvalue weighted by atomic mass is 10.0. The van der Waals surface area contributed by atoms with Crippen molar-refractivity contribution in [1.82, 2.24) is 0 Å². The lowest BCUT2D eigenvalue weighted by Gasteiger charge is -2.05. The molecule has 2 heteroatoms. The Morgan fingerprint density at radius 1 is 1.33 bits per heavy atom. The molecule has 0 aliphatic heterocycles. The van der Waals surface area contributed by atoms with E-state index >= 15 is 0 Å². The van der Waals surface area contributed by atoms with Crippen LogP contribution in [0.4, 0.5) is 0 Å². The highest BCUT2D eigenvalue weighted by atomic mass is 16.4. The van der Waals surface area contributed by atoms with Crippen LogP contribution >= 0.6 is 0 Å². The summed E-state index contributed by atoms with van der Waals surface area (Å²) in [6.07, 6.45) is 4.01. The molecule has 0 aromatic carbocycles. The largest absolute Gasteiger partial charge is 0.478 e. The smallest absolute Gasteiger partial charge is 0.331 e. The van der Waals surface area contributed by atoms with Gasteiger partial charge in [0.1, 0.15) is 0 Å². The molecule has 0 amide bonds. The summed E-state index contributed by atoms with van der Waals surface area (Å²) in [5.41, 5.74) is 1.62. The Morgan fingerprint density at radius 2 is 1.92 bits per heavy atom. The summed E-state index contributed by atoms with van der Waals surface area (Å²) in [6.45, 7) is 5.82. The van der Waals surface area contributed by atoms with E-state index in [1.54, 1.807) is 6.92 Å². The predicted molar refractivity (Wildman–Crippen MR) is 50.2 cm³/mol. The number of carboxylic acids is 1. The van der Waals surface area contributed by atoms with E-state index in [-0.39, 0.29) is 0 Å². The van der Waals surface area contributed by atoms with E-state index in [9.17, 15) is 4.79 Å². The Kier molecular flexibility index (Phi) is 5.43. The molecule has 0 aliphatic rings. The molecule has 0 aromatic heterocycles. The normalized spacial score (nSPS) is 12.6. The van der Waals surface area contributed by atoms with E-state index in [0.717, 1.165) is 31.3 Å². The van der Waals surface area contributed by atoms with Crippen LogP contribution in [0.3, 0.4) is 0 Å². The van der Waals surface area contributed by atoms with Gasteiger partial charge in [-0.1, -0.05) is 25.8 Å². The van der Waals surface area contributed by atoms with Crippen molar-refractivity contribution in [2.24, 2.45) is 0 Å². The van der Waals surface area contributed by atoms with Gasteiger partial charge in [0.25, 0.3) is 0 Å². The highest BCUT2D eigenvalue weighted by molar-refractivity contribution is 5.86. The molecule has 0 aliphatic carbocycles. The Balaban J connectivity index is 4.28. The molecule has 0 radical (unpaired) electrons. The monoisotopic (exact) mass is 170 g/mol. The second-order valence-corrected chi connectivity index (χ2v) is 2.99. The number of carboxylic acid groups (broad SMARTS) is 1. The molecule has 2 nitrogen and oxygen atoms in total. The molecule has 0 atom stereocenters. The number of hydrogen-bond acceptors (Lipinski definition) is 1. The van der Waals surface area contributed by atoms with Crippen molar-refractivity contribution < 1.29 is 9.90 Å². The summed E-state index contributed by atoms with van der Waals surface area (Å²) < 4.78 is 0. The topological polar surface area (TPSA) is 37.3 Å². The zero-order valence-electron chi connectivity index (χ0n) is 8.18. The van der Waals surface area contributed by atoms with Crippen LogP contribution in [0.15, 0.2) is 11.1 Å². The Hall–Kier alpha value is -0.790. The second kappa shape index (κ2) is 5.81. The molecule has 0 aromatic rings. The van der Waals surface area contributed by atoms with E-state index in [4.69, 9.17) is 5.11 Å². The molecule has 0 bridgehead atoms. The summed E-state index contributed by atoms with van der Waals surface area (Å²) in [5, 5.41) is 8.72. The maximum absolute atomic E-state index is 10.6. The Morgan fingerprint density at radius 3 is 2.25 bits per heavy atom. The van der Waals surface area contributed by atoms with Crippen LogP contribution in [0.1, 0.15) is 46.5 Å². The lowest BCUT2D eigenvalue weighted by Crippen LogP contribution is -2.00. The minimum atomic E-state index is -0.775. The van der Waals surface area contributed by atoms with Gasteiger partial charge in [0, 0.05) is 5.57 Å². The summed E-state index contributed by atoms with van der Waals surface area (Å²) in [6, 6.07) is 0. The van der Waals surface area contributed by atoms with E-state index in [2.05, 4.69) is 6.92 Å². The van der Waals surface area contributed by atoms with E-state index in [1.807, 2.05) is 6.92 Å². The fourth-order valence-corrected chi connectivity index (χ4v) is 1.17. The zero-order valence-corrected chi connectivity index (χ0v) is 8.18. The number of aliphatic carboxylic acids is 1. The van der Waals surface area contributed by atoms with Crippen molar-refractivity contribution in [2.75, 3.05) is 0 Å². The summed E-state index contributed by atoms with van der Waals surface area (Å²) in [7, 11) is 0. The van der Waals surface area contributed by atoms with Gasteiger partial charge in [0.05, 0.1) is 0 Å². The van der Waals surface area contributed by atoms with Crippen LogP contribution in [0, 0.1) is 0 Å². The van der Waals surface area contributed by atoms with Gasteiger partial charge in [-0.25, -0.2) is 4.79 Å². The molecule has 12 heavy (non-hydrogen) atoms. The van der Waals surface area contributed by atoms with Crippen molar-refractivity contribution in [3.05, 3.63) is 11.1 Å². The van der Waals surface area contributed by atoms with Crippen molar-refractivity contribution in [3.63, 3.8) is 0 Å². The highest BCUT2D eigenvalue weighted by Crippen LogP contribution is 2.15. The maximum atomic E-state index is 10.6. The van der Waals surface area contributed by atoms with Gasteiger partial charge < -0.3 is 5.11 Å². The van der Waals surface area contributed by atoms with Gasteiger partial charge in [-0.15, -0.1) is 0 Å². The summed E-state index contributed by atoms with van der Waals surface area (Å²) >= 11 is 0. The van der Waals surface area contributed by atoms with Crippen LogP contribution in [-0.4, -0.2) is 11.1 Å². The van der Waals surface area contributed by atoms with Crippen LogP contribution in [0.2, 0.25) is 0 Å². The van der Waals surface area contributed by atoms with Gasteiger partial charge >= 0.3 is 5.97 Å². The fraction of sp³-hybridized carbons (Fsp3) is 0.700. The van der Waals surface area contributed by atoms with Crippen molar-refractivity contribution in [3.8, 4) is 0 Å². The number of unbranched alkanes of at least 4 members (excludes halogenated alkanes) is 1. The van der Waals surface area contributed by atoms with E-state index in [0.29, 0.717) is 5.57 Å². The Bertz CT molecular complexity index is 180. The summed E-state index contributed by atoms with van der Waals surface area (Å²) in [4.78, 5) is 10.6. The van der Waals surface area contributed by atoms with Gasteiger partial charge in [0.2, 0.25) is 0 Å². The van der Waals surface area contributed by atoms with Crippen LogP contribution < -0.4 is 0 Å². The molecule has 0 spiro atoms. The molecule has 0 saturated heterocycles. The standard InChI is InChI=1S/C10H18O2/c1-4-6-7-9(5-2)8(3)10(11)12/h4-7H2,1-3H3,(H,11,12). The third kappa shape index (κ3) is 3.56.